The van der Waals surface area contributed by atoms with Crippen molar-refractivity contribution in [2.45, 2.75) is 45.3 Å². The van der Waals surface area contributed by atoms with Gasteiger partial charge in [0.05, 0.1) is 6.04 Å². The molecule has 0 aliphatic heterocycles. The van der Waals surface area contributed by atoms with Crippen molar-refractivity contribution in [1.82, 2.24) is 10.6 Å². The van der Waals surface area contributed by atoms with E-state index in [4.69, 9.17) is 0 Å². The van der Waals surface area contributed by atoms with Crippen molar-refractivity contribution in [3.63, 3.8) is 0 Å². The fourth-order valence-electron chi connectivity index (χ4n) is 1.73. The molecule has 0 aromatic heterocycles. The maximum absolute atomic E-state index is 11.8. The van der Waals surface area contributed by atoms with Crippen molar-refractivity contribution in [1.29, 1.82) is 0 Å². The number of amides is 1. The van der Waals surface area contributed by atoms with Gasteiger partial charge in [-0.3, -0.25) is 4.79 Å². The van der Waals surface area contributed by atoms with Crippen molar-refractivity contribution < 1.29 is 4.79 Å². The number of hydrogen-bond acceptors (Lipinski definition) is 2. The third kappa shape index (κ3) is 4.67. The van der Waals surface area contributed by atoms with E-state index in [0.717, 1.165) is 5.56 Å². The average molecular weight is 269 g/mol. The highest BCUT2D eigenvalue weighted by molar-refractivity contribution is 5.85. The number of nitrogens with one attached hydrogen (secondary N) is 2. The van der Waals surface area contributed by atoms with Gasteiger partial charge in [-0.2, -0.15) is 0 Å². The van der Waals surface area contributed by atoms with Gasteiger partial charge in [0, 0.05) is 12.6 Å². The molecule has 1 atom stereocenters. The summed E-state index contributed by atoms with van der Waals surface area (Å²) in [5, 5.41) is 6.24. The van der Waals surface area contributed by atoms with E-state index in [1.54, 1.807) is 0 Å². The van der Waals surface area contributed by atoms with Crippen LogP contribution in [0, 0.1) is 6.92 Å². The summed E-state index contributed by atoms with van der Waals surface area (Å²) < 4.78 is 0. The van der Waals surface area contributed by atoms with E-state index in [-0.39, 0.29) is 24.4 Å². The average Bonchev–Trinajstić information content (AvgIpc) is 3.11. The van der Waals surface area contributed by atoms with Gasteiger partial charge in [0.2, 0.25) is 5.91 Å². The highest BCUT2D eigenvalue weighted by atomic mass is 35.5. The Morgan fingerprint density at radius 1 is 1.33 bits per heavy atom. The summed E-state index contributed by atoms with van der Waals surface area (Å²) in [6.45, 7) is 4.59. The van der Waals surface area contributed by atoms with Crippen LogP contribution in [0.15, 0.2) is 24.3 Å². The zero-order valence-corrected chi connectivity index (χ0v) is 11.7. The lowest BCUT2D eigenvalue weighted by atomic mass is 10.1. The summed E-state index contributed by atoms with van der Waals surface area (Å²) >= 11 is 0. The molecule has 0 spiro atoms. The van der Waals surface area contributed by atoms with Gasteiger partial charge in [-0.15, -0.1) is 12.4 Å². The maximum Gasteiger partial charge on any atom is 0.237 e. The lowest BCUT2D eigenvalue weighted by molar-refractivity contribution is -0.122. The molecule has 0 bridgehead atoms. The van der Waals surface area contributed by atoms with Gasteiger partial charge in [0.15, 0.2) is 0 Å². The molecular formula is C14H21ClN2O. The van der Waals surface area contributed by atoms with Crippen LogP contribution in [0.25, 0.3) is 0 Å². The molecule has 100 valence electrons. The smallest absolute Gasteiger partial charge is 0.237 e. The largest absolute Gasteiger partial charge is 0.351 e. The zero-order valence-electron chi connectivity index (χ0n) is 10.9. The summed E-state index contributed by atoms with van der Waals surface area (Å²) in [6.07, 6.45) is 2.41. The SMILES string of the molecule is Cc1ccc(CNC(=O)C(C)NC2CC2)cc1.Cl. The van der Waals surface area contributed by atoms with Crippen LogP contribution in [0.5, 0.6) is 0 Å². The van der Waals surface area contributed by atoms with Crippen molar-refractivity contribution in [2.24, 2.45) is 0 Å². The van der Waals surface area contributed by atoms with Crippen LogP contribution in [0.1, 0.15) is 30.9 Å². The number of rotatable bonds is 5. The normalized spacial score (nSPS) is 15.7. The van der Waals surface area contributed by atoms with Crippen LogP contribution >= 0.6 is 12.4 Å². The molecule has 1 aliphatic carbocycles. The molecule has 2 rings (SSSR count). The lowest BCUT2D eigenvalue weighted by Crippen LogP contribution is -2.42. The highest BCUT2D eigenvalue weighted by Crippen LogP contribution is 2.19. The summed E-state index contributed by atoms with van der Waals surface area (Å²) in [6, 6.07) is 8.70. The van der Waals surface area contributed by atoms with Gasteiger partial charge in [-0.25, -0.2) is 0 Å². The molecular weight excluding hydrogens is 248 g/mol. The topological polar surface area (TPSA) is 41.1 Å². The van der Waals surface area contributed by atoms with Crippen molar-refractivity contribution in [2.75, 3.05) is 0 Å². The van der Waals surface area contributed by atoms with E-state index in [1.807, 2.05) is 6.92 Å². The second-order valence-corrected chi connectivity index (χ2v) is 4.87. The van der Waals surface area contributed by atoms with Gasteiger partial charge in [-0.05, 0) is 32.3 Å². The number of benzene rings is 1. The maximum atomic E-state index is 11.8. The van der Waals surface area contributed by atoms with Gasteiger partial charge in [-0.1, -0.05) is 29.8 Å². The van der Waals surface area contributed by atoms with Gasteiger partial charge >= 0.3 is 0 Å². The van der Waals surface area contributed by atoms with E-state index in [9.17, 15) is 4.79 Å². The van der Waals surface area contributed by atoms with Gasteiger partial charge in [0.25, 0.3) is 0 Å². The second kappa shape index (κ2) is 6.76. The first-order valence-corrected chi connectivity index (χ1v) is 6.24. The zero-order chi connectivity index (χ0) is 12.3. The fourth-order valence-corrected chi connectivity index (χ4v) is 1.73. The van der Waals surface area contributed by atoms with Gasteiger partial charge in [0.1, 0.15) is 0 Å². The molecule has 1 aromatic carbocycles. The van der Waals surface area contributed by atoms with Crippen molar-refractivity contribution in [3.05, 3.63) is 35.4 Å². The number of aryl methyl sites for hydroxylation is 1. The first kappa shape index (κ1) is 15.0. The highest BCUT2D eigenvalue weighted by Gasteiger charge is 2.25. The molecule has 4 heteroatoms. The van der Waals surface area contributed by atoms with Crippen LogP contribution in [0.4, 0.5) is 0 Å². The number of halogens is 1. The Bertz CT molecular complexity index is 387. The first-order valence-electron chi connectivity index (χ1n) is 6.24. The van der Waals surface area contributed by atoms with Crippen LogP contribution in [-0.2, 0) is 11.3 Å². The van der Waals surface area contributed by atoms with Crippen molar-refractivity contribution in [3.8, 4) is 0 Å². The van der Waals surface area contributed by atoms with E-state index >= 15 is 0 Å². The third-order valence-electron chi connectivity index (χ3n) is 3.04. The standard InChI is InChI=1S/C14H20N2O.ClH/c1-10-3-5-12(6-4-10)9-15-14(17)11(2)16-13-7-8-13;/h3-6,11,13,16H,7-9H2,1-2H3,(H,15,17);1H. The first-order chi connectivity index (χ1) is 8.15. The lowest BCUT2D eigenvalue weighted by Gasteiger charge is -2.13. The van der Waals surface area contributed by atoms with E-state index in [1.165, 1.54) is 18.4 Å². The minimum Gasteiger partial charge on any atom is -0.351 e. The molecule has 1 saturated carbocycles. The number of carbonyl (C=O) groups is 1. The molecule has 1 amide bonds. The van der Waals surface area contributed by atoms with Crippen LogP contribution in [0.2, 0.25) is 0 Å². The van der Waals surface area contributed by atoms with E-state index in [2.05, 4.69) is 41.8 Å². The Labute approximate surface area is 115 Å². The summed E-state index contributed by atoms with van der Waals surface area (Å²) in [5.74, 6) is 0.0810. The predicted molar refractivity (Wildman–Crippen MR) is 75.9 cm³/mol. The fraction of sp³-hybridized carbons (Fsp3) is 0.500. The quantitative estimate of drug-likeness (QED) is 0.859. The Kier molecular flexibility index (Phi) is 5.63. The Morgan fingerprint density at radius 2 is 1.94 bits per heavy atom. The number of carbonyl (C=O) groups excluding carboxylic acids is 1. The minimum atomic E-state index is -0.0899. The Hall–Kier alpha value is -1.06. The minimum absolute atomic E-state index is 0. The Balaban J connectivity index is 0.00000162. The molecule has 2 N–H and O–H groups in total. The van der Waals surface area contributed by atoms with Crippen molar-refractivity contribution >= 4 is 18.3 Å². The van der Waals surface area contributed by atoms with Crippen LogP contribution < -0.4 is 10.6 Å². The predicted octanol–water partition coefficient (Wildman–Crippen LogP) is 2.17. The summed E-state index contributed by atoms with van der Waals surface area (Å²) in [5.41, 5.74) is 2.38. The van der Waals surface area contributed by atoms with E-state index < -0.39 is 0 Å². The molecule has 0 heterocycles. The number of hydrogen-bond donors (Lipinski definition) is 2. The second-order valence-electron chi connectivity index (χ2n) is 4.87. The molecule has 18 heavy (non-hydrogen) atoms. The molecule has 0 radical (unpaired) electrons. The Morgan fingerprint density at radius 3 is 2.50 bits per heavy atom. The van der Waals surface area contributed by atoms with E-state index in [0.29, 0.717) is 12.6 Å². The van der Waals surface area contributed by atoms with Gasteiger partial charge < -0.3 is 10.6 Å². The molecule has 3 nitrogen and oxygen atoms in total. The monoisotopic (exact) mass is 268 g/mol. The molecule has 0 saturated heterocycles. The summed E-state index contributed by atoms with van der Waals surface area (Å²) in [4.78, 5) is 11.8. The summed E-state index contributed by atoms with van der Waals surface area (Å²) in [7, 11) is 0. The molecule has 1 aliphatic rings. The van der Waals surface area contributed by atoms with Crippen LogP contribution in [0.3, 0.4) is 0 Å². The molecule has 1 unspecified atom stereocenters. The molecule has 1 fully saturated rings. The molecule has 1 aromatic rings. The van der Waals surface area contributed by atoms with Crippen LogP contribution in [-0.4, -0.2) is 18.0 Å². The third-order valence-corrected chi connectivity index (χ3v) is 3.04.